The van der Waals surface area contributed by atoms with E-state index in [1.807, 2.05) is 24.3 Å². The predicted molar refractivity (Wildman–Crippen MR) is 102 cm³/mol. The van der Waals surface area contributed by atoms with Crippen LogP contribution >= 0.6 is 23.2 Å². The van der Waals surface area contributed by atoms with Crippen molar-refractivity contribution in [2.24, 2.45) is 5.92 Å². The lowest BCUT2D eigenvalue weighted by Gasteiger charge is -2.39. The Hall–Kier alpha value is -1.84. The molecule has 4 rings (SSSR count). The number of methoxy groups -OCH3 is 2. The minimum Gasteiger partial charge on any atom is -0.493 e. The standard InChI is InChI=1S/C20H19Cl2NO2/c1-24-16-8-4-7-13(20(16)25-2)18-12-6-3-5-11(12)17-14(21)9-10-15(22)19(17)23-18/h3-5,7-12,18,23H,6H2,1-2H3/t11-,12+,18+/m0/s1. The number of rotatable bonds is 3. The zero-order valence-electron chi connectivity index (χ0n) is 14.1. The van der Waals surface area contributed by atoms with E-state index in [2.05, 4.69) is 23.5 Å². The number of ether oxygens (including phenoxy) is 2. The highest BCUT2D eigenvalue weighted by Crippen LogP contribution is 2.55. The number of anilines is 1. The quantitative estimate of drug-likeness (QED) is 0.683. The topological polar surface area (TPSA) is 30.5 Å². The zero-order valence-corrected chi connectivity index (χ0v) is 15.6. The highest BCUT2D eigenvalue weighted by atomic mass is 35.5. The summed E-state index contributed by atoms with van der Waals surface area (Å²) in [6, 6.07) is 9.76. The third-order valence-electron chi connectivity index (χ3n) is 5.18. The predicted octanol–water partition coefficient (Wildman–Crippen LogP) is 5.84. The molecule has 0 amide bonds. The Morgan fingerprint density at radius 1 is 1.04 bits per heavy atom. The highest BCUT2D eigenvalue weighted by molar-refractivity contribution is 6.36. The molecule has 0 saturated carbocycles. The summed E-state index contributed by atoms with van der Waals surface area (Å²) in [5.41, 5.74) is 3.07. The molecule has 5 heteroatoms. The maximum Gasteiger partial charge on any atom is 0.165 e. The Balaban J connectivity index is 1.87. The van der Waals surface area contributed by atoms with Gasteiger partial charge in [-0.2, -0.15) is 0 Å². The van der Waals surface area contributed by atoms with Gasteiger partial charge in [0, 0.05) is 22.1 Å². The van der Waals surface area contributed by atoms with Crippen LogP contribution in [0.2, 0.25) is 10.0 Å². The Bertz CT molecular complexity index is 850. The third-order valence-corrected chi connectivity index (χ3v) is 5.83. The van der Waals surface area contributed by atoms with E-state index in [0.717, 1.165) is 39.8 Å². The summed E-state index contributed by atoms with van der Waals surface area (Å²) < 4.78 is 11.1. The maximum atomic E-state index is 6.50. The van der Waals surface area contributed by atoms with Gasteiger partial charge in [-0.15, -0.1) is 0 Å². The summed E-state index contributed by atoms with van der Waals surface area (Å²) in [5, 5.41) is 5.07. The second-order valence-electron chi connectivity index (χ2n) is 6.38. The number of halogens is 2. The van der Waals surface area contributed by atoms with Gasteiger partial charge in [-0.1, -0.05) is 47.5 Å². The molecule has 0 bridgehead atoms. The van der Waals surface area contributed by atoms with Crippen molar-refractivity contribution in [3.05, 3.63) is 63.7 Å². The maximum absolute atomic E-state index is 6.50. The van der Waals surface area contributed by atoms with Gasteiger partial charge in [0.2, 0.25) is 0 Å². The van der Waals surface area contributed by atoms with E-state index < -0.39 is 0 Å². The van der Waals surface area contributed by atoms with Gasteiger partial charge in [0.05, 0.1) is 31.0 Å². The number of nitrogens with one attached hydrogen (secondary N) is 1. The fraction of sp³-hybridized carbons (Fsp3) is 0.300. The van der Waals surface area contributed by atoms with Crippen LogP contribution in [-0.4, -0.2) is 14.2 Å². The molecule has 3 nitrogen and oxygen atoms in total. The van der Waals surface area contributed by atoms with Gasteiger partial charge in [-0.25, -0.2) is 0 Å². The molecule has 1 aliphatic heterocycles. The van der Waals surface area contributed by atoms with Crippen molar-refractivity contribution in [2.45, 2.75) is 18.4 Å². The van der Waals surface area contributed by atoms with Crippen LogP contribution in [0.5, 0.6) is 11.5 Å². The first-order valence-electron chi connectivity index (χ1n) is 8.27. The van der Waals surface area contributed by atoms with E-state index >= 15 is 0 Å². The third kappa shape index (κ3) is 2.57. The second kappa shape index (κ2) is 6.47. The number of para-hydroxylation sites is 1. The highest BCUT2D eigenvalue weighted by Gasteiger charge is 2.41. The SMILES string of the molecule is COc1cccc([C@@H]2Nc3c(Cl)ccc(Cl)c3[C@H]3C=CC[C@H]32)c1OC. The second-order valence-corrected chi connectivity index (χ2v) is 7.19. The van der Waals surface area contributed by atoms with Crippen molar-refractivity contribution < 1.29 is 9.47 Å². The van der Waals surface area contributed by atoms with Crippen LogP contribution < -0.4 is 14.8 Å². The van der Waals surface area contributed by atoms with E-state index in [0.29, 0.717) is 10.9 Å². The normalized spacial score (nSPS) is 23.6. The molecule has 3 atom stereocenters. The molecule has 0 aromatic heterocycles. The van der Waals surface area contributed by atoms with Crippen LogP contribution in [0.1, 0.15) is 29.5 Å². The Morgan fingerprint density at radius 2 is 1.84 bits per heavy atom. The van der Waals surface area contributed by atoms with Crippen molar-refractivity contribution in [2.75, 3.05) is 19.5 Å². The molecule has 2 aromatic rings. The van der Waals surface area contributed by atoms with Crippen LogP contribution in [0, 0.1) is 5.92 Å². The summed E-state index contributed by atoms with van der Waals surface area (Å²) in [7, 11) is 3.33. The molecule has 2 aromatic carbocycles. The molecular weight excluding hydrogens is 357 g/mol. The van der Waals surface area contributed by atoms with Gasteiger partial charge in [-0.05, 0) is 30.5 Å². The fourth-order valence-electron chi connectivity index (χ4n) is 4.09. The summed E-state index contributed by atoms with van der Waals surface area (Å²) >= 11 is 13.0. The van der Waals surface area contributed by atoms with E-state index in [-0.39, 0.29) is 12.0 Å². The lowest BCUT2D eigenvalue weighted by molar-refractivity contribution is 0.341. The minimum absolute atomic E-state index is 0.0634. The smallest absolute Gasteiger partial charge is 0.165 e. The number of benzene rings is 2. The summed E-state index contributed by atoms with van der Waals surface area (Å²) in [6.07, 6.45) is 5.44. The fourth-order valence-corrected chi connectivity index (χ4v) is 4.60. The van der Waals surface area contributed by atoms with Gasteiger partial charge in [-0.3, -0.25) is 0 Å². The van der Waals surface area contributed by atoms with Gasteiger partial charge in [0.1, 0.15) is 0 Å². The Kier molecular flexibility index (Phi) is 4.30. The average molecular weight is 376 g/mol. The monoisotopic (exact) mass is 375 g/mol. The van der Waals surface area contributed by atoms with Gasteiger partial charge < -0.3 is 14.8 Å². The largest absolute Gasteiger partial charge is 0.493 e. The van der Waals surface area contributed by atoms with Crippen LogP contribution in [-0.2, 0) is 0 Å². The molecule has 0 unspecified atom stereocenters. The van der Waals surface area contributed by atoms with E-state index in [1.165, 1.54) is 0 Å². The van der Waals surface area contributed by atoms with E-state index in [4.69, 9.17) is 32.7 Å². The zero-order chi connectivity index (χ0) is 17.6. The minimum atomic E-state index is 0.0634. The first-order chi connectivity index (χ1) is 12.2. The number of hydrogen-bond acceptors (Lipinski definition) is 3. The molecule has 1 heterocycles. The molecule has 2 aliphatic rings. The molecule has 0 saturated heterocycles. The summed E-state index contributed by atoms with van der Waals surface area (Å²) in [6.45, 7) is 0. The number of hydrogen-bond donors (Lipinski definition) is 1. The summed E-state index contributed by atoms with van der Waals surface area (Å²) in [4.78, 5) is 0. The first kappa shape index (κ1) is 16.6. The van der Waals surface area contributed by atoms with E-state index in [9.17, 15) is 0 Å². The Morgan fingerprint density at radius 3 is 2.60 bits per heavy atom. The van der Waals surface area contributed by atoms with Crippen molar-refractivity contribution in [1.82, 2.24) is 0 Å². The molecule has 1 N–H and O–H groups in total. The molecule has 0 fully saturated rings. The van der Waals surface area contributed by atoms with Crippen LogP contribution in [0.4, 0.5) is 5.69 Å². The van der Waals surface area contributed by atoms with Crippen molar-refractivity contribution in [1.29, 1.82) is 0 Å². The molecule has 130 valence electrons. The lowest BCUT2D eigenvalue weighted by Crippen LogP contribution is -2.30. The lowest BCUT2D eigenvalue weighted by atomic mass is 9.76. The molecule has 1 aliphatic carbocycles. The van der Waals surface area contributed by atoms with Crippen molar-refractivity contribution >= 4 is 28.9 Å². The number of fused-ring (bicyclic) bond motifs is 3. The first-order valence-corrected chi connectivity index (χ1v) is 9.03. The molecule has 25 heavy (non-hydrogen) atoms. The average Bonchev–Trinajstić information content (AvgIpc) is 3.12. The summed E-state index contributed by atoms with van der Waals surface area (Å²) in [5.74, 6) is 2.08. The molecular formula is C20H19Cl2NO2. The van der Waals surface area contributed by atoms with Crippen molar-refractivity contribution in [3.63, 3.8) is 0 Å². The Labute approximate surface area is 157 Å². The van der Waals surface area contributed by atoms with Crippen LogP contribution in [0.15, 0.2) is 42.5 Å². The van der Waals surface area contributed by atoms with Crippen LogP contribution in [0.3, 0.4) is 0 Å². The number of allylic oxidation sites excluding steroid dienone is 2. The molecule has 0 spiro atoms. The van der Waals surface area contributed by atoms with E-state index in [1.54, 1.807) is 14.2 Å². The van der Waals surface area contributed by atoms with Gasteiger partial charge in [0.25, 0.3) is 0 Å². The molecule has 0 radical (unpaired) electrons. The van der Waals surface area contributed by atoms with Gasteiger partial charge in [0.15, 0.2) is 11.5 Å². The van der Waals surface area contributed by atoms with Gasteiger partial charge >= 0.3 is 0 Å². The van der Waals surface area contributed by atoms with Crippen molar-refractivity contribution in [3.8, 4) is 11.5 Å². The van der Waals surface area contributed by atoms with Crippen LogP contribution in [0.25, 0.3) is 0 Å².